The average Bonchev–Trinajstić information content (AvgIpc) is 2.84. The van der Waals surface area contributed by atoms with Crippen LogP contribution in [0.1, 0.15) is 40.7 Å². The standard InChI is InChI=1S/C26H28ClN3O3S/c27-24-13-12-22(17-25(24)34(32,33)29-23-10-3-1-4-11-23)26(31)28-18-20-8-7-9-21(16-20)19-30-14-5-2-6-15-30/h1,3-4,7-13,16-17,29H,2,5-6,14-15,18-19H2,(H,28,31). The van der Waals surface area contributed by atoms with Gasteiger partial charge in [-0.25, -0.2) is 8.42 Å². The minimum Gasteiger partial charge on any atom is -0.348 e. The van der Waals surface area contributed by atoms with Crippen molar-refractivity contribution in [3.63, 3.8) is 0 Å². The van der Waals surface area contributed by atoms with Crippen LogP contribution < -0.4 is 10.0 Å². The quantitative estimate of drug-likeness (QED) is 0.456. The van der Waals surface area contributed by atoms with Gasteiger partial charge in [0.05, 0.1) is 5.02 Å². The lowest BCUT2D eigenvalue weighted by atomic mass is 10.1. The SMILES string of the molecule is O=C(NCc1cccc(CN2CCCCC2)c1)c1ccc(Cl)c(S(=O)(=O)Nc2ccccc2)c1. The topological polar surface area (TPSA) is 78.5 Å². The average molecular weight is 498 g/mol. The predicted molar refractivity (Wildman–Crippen MR) is 135 cm³/mol. The Morgan fingerprint density at radius 2 is 1.62 bits per heavy atom. The third kappa shape index (κ3) is 6.38. The van der Waals surface area contributed by atoms with Crippen LogP contribution >= 0.6 is 11.6 Å². The van der Waals surface area contributed by atoms with Crippen molar-refractivity contribution in [2.24, 2.45) is 0 Å². The fraction of sp³-hybridized carbons (Fsp3) is 0.269. The molecule has 0 unspecified atom stereocenters. The first-order chi connectivity index (χ1) is 16.4. The highest BCUT2D eigenvalue weighted by molar-refractivity contribution is 7.92. The fourth-order valence-electron chi connectivity index (χ4n) is 4.06. The van der Waals surface area contributed by atoms with Gasteiger partial charge in [-0.2, -0.15) is 0 Å². The number of amides is 1. The third-order valence-corrected chi connectivity index (χ3v) is 7.67. The molecule has 2 N–H and O–H groups in total. The van der Waals surface area contributed by atoms with Gasteiger partial charge in [0.25, 0.3) is 15.9 Å². The Morgan fingerprint density at radius 3 is 2.38 bits per heavy atom. The van der Waals surface area contributed by atoms with Crippen molar-refractivity contribution < 1.29 is 13.2 Å². The highest BCUT2D eigenvalue weighted by Gasteiger charge is 2.20. The molecule has 8 heteroatoms. The maximum Gasteiger partial charge on any atom is 0.263 e. The van der Waals surface area contributed by atoms with Crippen molar-refractivity contribution in [3.05, 3.63) is 94.5 Å². The Balaban J connectivity index is 1.42. The molecule has 34 heavy (non-hydrogen) atoms. The van der Waals surface area contributed by atoms with Crippen LogP contribution in [0.2, 0.25) is 5.02 Å². The zero-order valence-electron chi connectivity index (χ0n) is 18.8. The number of nitrogens with one attached hydrogen (secondary N) is 2. The lowest BCUT2D eigenvalue weighted by molar-refractivity contribution is 0.0950. The number of piperidine rings is 1. The van der Waals surface area contributed by atoms with Crippen molar-refractivity contribution in [2.75, 3.05) is 17.8 Å². The van der Waals surface area contributed by atoms with Crippen LogP contribution in [-0.2, 0) is 23.1 Å². The molecule has 0 aromatic heterocycles. The molecule has 1 aliphatic heterocycles. The van der Waals surface area contributed by atoms with E-state index >= 15 is 0 Å². The minimum absolute atomic E-state index is 0.0467. The van der Waals surface area contributed by atoms with Crippen LogP contribution in [0.5, 0.6) is 0 Å². The van der Waals surface area contributed by atoms with E-state index in [0.717, 1.165) is 25.2 Å². The molecule has 178 valence electrons. The molecule has 1 aliphatic rings. The molecular weight excluding hydrogens is 470 g/mol. The lowest BCUT2D eigenvalue weighted by Gasteiger charge is -2.26. The molecule has 0 atom stereocenters. The van der Waals surface area contributed by atoms with E-state index in [0.29, 0.717) is 12.2 Å². The number of carbonyl (C=O) groups excluding carboxylic acids is 1. The smallest absolute Gasteiger partial charge is 0.263 e. The number of carbonyl (C=O) groups is 1. The number of rotatable bonds is 8. The number of benzene rings is 3. The number of hydrogen-bond acceptors (Lipinski definition) is 4. The summed E-state index contributed by atoms with van der Waals surface area (Å²) in [5, 5.41) is 2.93. The molecule has 0 bridgehead atoms. The summed E-state index contributed by atoms with van der Waals surface area (Å²) in [6, 6.07) is 21.0. The first-order valence-electron chi connectivity index (χ1n) is 11.4. The second-order valence-electron chi connectivity index (χ2n) is 8.46. The summed E-state index contributed by atoms with van der Waals surface area (Å²) in [7, 11) is -3.95. The molecule has 1 saturated heterocycles. The molecule has 0 radical (unpaired) electrons. The van der Waals surface area contributed by atoms with E-state index in [4.69, 9.17) is 11.6 Å². The largest absolute Gasteiger partial charge is 0.348 e. The molecule has 3 aromatic carbocycles. The van der Waals surface area contributed by atoms with Gasteiger partial charge in [-0.3, -0.25) is 14.4 Å². The van der Waals surface area contributed by atoms with Gasteiger partial charge in [0, 0.05) is 24.3 Å². The van der Waals surface area contributed by atoms with Crippen LogP contribution in [0.4, 0.5) is 5.69 Å². The molecule has 1 heterocycles. The van der Waals surface area contributed by atoms with E-state index in [-0.39, 0.29) is 21.4 Å². The monoisotopic (exact) mass is 497 g/mol. The van der Waals surface area contributed by atoms with E-state index in [1.165, 1.54) is 43.0 Å². The van der Waals surface area contributed by atoms with E-state index in [1.807, 2.05) is 12.1 Å². The van der Waals surface area contributed by atoms with Gasteiger partial charge < -0.3 is 5.32 Å². The Kier molecular flexibility index (Phi) is 7.88. The highest BCUT2D eigenvalue weighted by atomic mass is 35.5. The number of likely N-dealkylation sites (tertiary alicyclic amines) is 1. The lowest BCUT2D eigenvalue weighted by Crippen LogP contribution is -2.29. The van der Waals surface area contributed by atoms with Gasteiger partial charge in [-0.05, 0) is 67.4 Å². The zero-order valence-corrected chi connectivity index (χ0v) is 20.4. The summed E-state index contributed by atoms with van der Waals surface area (Å²) < 4.78 is 28.2. The number of anilines is 1. The Labute approximate surface area is 206 Å². The Hall–Kier alpha value is -2.87. The normalized spacial score (nSPS) is 14.5. The van der Waals surface area contributed by atoms with Crippen LogP contribution in [0.3, 0.4) is 0 Å². The van der Waals surface area contributed by atoms with Gasteiger partial charge in [-0.15, -0.1) is 0 Å². The molecule has 0 saturated carbocycles. The fourth-order valence-corrected chi connectivity index (χ4v) is 5.65. The number of halogens is 1. The van der Waals surface area contributed by atoms with E-state index in [1.54, 1.807) is 30.3 Å². The Morgan fingerprint density at radius 1 is 0.882 bits per heavy atom. The van der Waals surface area contributed by atoms with Crippen LogP contribution in [0.15, 0.2) is 77.7 Å². The first-order valence-corrected chi connectivity index (χ1v) is 13.2. The van der Waals surface area contributed by atoms with E-state index in [2.05, 4.69) is 27.1 Å². The van der Waals surface area contributed by atoms with Crippen molar-refractivity contribution >= 4 is 33.2 Å². The molecule has 1 amide bonds. The highest BCUT2D eigenvalue weighted by Crippen LogP contribution is 2.25. The van der Waals surface area contributed by atoms with Crippen molar-refractivity contribution in [2.45, 2.75) is 37.2 Å². The van der Waals surface area contributed by atoms with E-state index in [9.17, 15) is 13.2 Å². The van der Waals surface area contributed by atoms with Gasteiger partial charge in [0.1, 0.15) is 4.90 Å². The van der Waals surface area contributed by atoms with Crippen LogP contribution in [0.25, 0.3) is 0 Å². The van der Waals surface area contributed by atoms with Crippen LogP contribution in [-0.4, -0.2) is 32.3 Å². The number of para-hydroxylation sites is 1. The first kappa shape index (κ1) is 24.3. The second kappa shape index (κ2) is 11.0. The van der Waals surface area contributed by atoms with E-state index < -0.39 is 10.0 Å². The summed E-state index contributed by atoms with van der Waals surface area (Å²) in [5.41, 5.74) is 2.86. The van der Waals surface area contributed by atoms with Gasteiger partial charge in [-0.1, -0.05) is 60.5 Å². The zero-order chi connectivity index (χ0) is 24.0. The third-order valence-electron chi connectivity index (χ3n) is 5.81. The Bertz CT molecular complexity index is 1240. The molecule has 0 aliphatic carbocycles. The molecule has 0 spiro atoms. The summed E-state index contributed by atoms with van der Waals surface area (Å²) in [6.07, 6.45) is 3.80. The van der Waals surface area contributed by atoms with Crippen molar-refractivity contribution in [1.82, 2.24) is 10.2 Å². The molecular formula is C26H28ClN3O3S. The van der Waals surface area contributed by atoms with Gasteiger partial charge in [0.15, 0.2) is 0 Å². The molecule has 4 rings (SSSR count). The summed E-state index contributed by atoms with van der Waals surface area (Å²) in [4.78, 5) is 15.1. The molecule has 1 fully saturated rings. The van der Waals surface area contributed by atoms with Gasteiger partial charge >= 0.3 is 0 Å². The second-order valence-corrected chi connectivity index (χ2v) is 10.5. The summed E-state index contributed by atoms with van der Waals surface area (Å²) in [5.74, 6) is -0.366. The van der Waals surface area contributed by atoms with Crippen molar-refractivity contribution in [3.8, 4) is 0 Å². The maximum absolute atomic E-state index is 12.8. The number of hydrogen-bond donors (Lipinski definition) is 2. The number of sulfonamides is 1. The summed E-state index contributed by atoms with van der Waals surface area (Å²) >= 11 is 6.17. The number of nitrogens with zero attached hydrogens (tertiary/aromatic N) is 1. The molecule has 3 aromatic rings. The predicted octanol–water partition coefficient (Wildman–Crippen LogP) is 5.06. The van der Waals surface area contributed by atoms with Crippen LogP contribution in [0, 0.1) is 0 Å². The van der Waals surface area contributed by atoms with Gasteiger partial charge in [0.2, 0.25) is 0 Å². The summed E-state index contributed by atoms with van der Waals surface area (Å²) in [6.45, 7) is 3.51. The van der Waals surface area contributed by atoms with Crippen molar-refractivity contribution in [1.29, 1.82) is 0 Å². The minimum atomic E-state index is -3.95. The maximum atomic E-state index is 12.8. The molecule has 6 nitrogen and oxygen atoms in total.